The maximum absolute atomic E-state index is 6.20. The summed E-state index contributed by atoms with van der Waals surface area (Å²) >= 11 is 6.20. The average Bonchev–Trinajstić information content (AvgIpc) is 2.77. The number of anilines is 1. The summed E-state index contributed by atoms with van der Waals surface area (Å²) in [6.45, 7) is 1.03. The molecule has 1 aliphatic carbocycles. The summed E-state index contributed by atoms with van der Waals surface area (Å²) in [7, 11) is 0. The third-order valence-corrected chi connectivity index (χ3v) is 5.44. The van der Waals surface area contributed by atoms with Crippen LogP contribution in [0.5, 0.6) is 0 Å². The van der Waals surface area contributed by atoms with Crippen molar-refractivity contribution in [3.63, 3.8) is 0 Å². The molecule has 23 heavy (non-hydrogen) atoms. The molecule has 0 atom stereocenters. The Hall–Kier alpha value is -1.48. The molecule has 0 spiro atoms. The number of nitrogens with one attached hydrogen (secondary N) is 1. The third kappa shape index (κ3) is 2.99. The fraction of sp³-hybridized carbons (Fsp3) is 0.526. The molecule has 1 fully saturated rings. The molecular weight excluding hydrogens is 306 g/mol. The number of rotatable bonds is 2. The second-order valence-electron chi connectivity index (χ2n) is 6.82. The van der Waals surface area contributed by atoms with E-state index in [0.717, 1.165) is 23.7 Å². The Morgan fingerprint density at radius 2 is 1.96 bits per heavy atom. The van der Waals surface area contributed by atoms with Crippen molar-refractivity contribution in [3.05, 3.63) is 40.5 Å². The van der Waals surface area contributed by atoms with Crippen LogP contribution in [0.1, 0.15) is 62.1 Å². The van der Waals surface area contributed by atoms with Crippen LogP contribution in [0.25, 0.3) is 5.69 Å². The molecule has 0 bridgehead atoms. The van der Waals surface area contributed by atoms with Crippen molar-refractivity contribution >= 4 is 17.4 Å². The van der Waals surface area contributed by atoms with E-state index in [1.165, 1.54) is 62.0 Å². The van der Waals surface area contributed by atoms with Gasteiger partial charge in [-0.2, -0.15) is 5.10 Å². The van der Waals surface area contributed by atoms with E-state index in [4.69, 9.17) is 16.7 Å². The molecule has 2 aromatic rings. The fourth-order valence-corrected chi connectivity index (χ4v) is 4.21. The minimum absolute atomic E-state index is 0.637. The van der Waals surface area contributed by atoms with Crippen molar-refractivity contribution in [2.75, 3.05) is 11.9 Å². The highest BCUT2D eigenvalue weighted by Gasteiger charge is 2.27. The molecule has 0 saturated heterocycles. The van der Waals surface area contributed by atoms with Crippen molar-refractivity contribution in [2.24, 2.45) is 0 Å². The zero-order chi connectivity index (χ0) is 15.6. The van der Waals surface area contributed by atoms with Crippen molar-refractivity contribution in [2.45, 2.75) is 57.3 Å². The van der Waals surface area contributed by atoms with E-state index >= 15 is 0 Å². The van der Waals surface area contributed by atoms with Crippen LogP contribution in [0.3, 0.4) is 0 Å². The van der Waals surface area contributed by atoms with Gasteiger partial charge in [0.2, 0.25) is 0 Å². The van der Waals surface area contributed by atoms with Crippen LogP contribution in [0.2, 0.25) is 5.02 Å². The van der Waals surface area contributed by atoms with E-state index in [9.17, 15) is 0 Å². The second kappa shape index (κ2) is 6.56. The Bertz CT molecular complexity index is 686. The van der Waals surface area contributed by atoms with Gasteiger partial charge in [0.15, 0.2) is 0 Å². The number of hydrogen-bond acceptors (Lipinski definition) is 2. The quantitative estimate of drug-likeness (QED) is 0.807. The van der Waals surface area contributed by atoms with E-state index in [1.807, 2.05) is 18.2 Å². The summed E-state index contributed by atoms with van der Waals surface area (Å²) < 4.78 is 2.09. The minimum Gasteiger partial charge on any atom is -0.370 e. The van der Waals surface area contributed by atoms with E-state index in [0.29, 0.717) is 5.92 Å². The van der Waals surface area contributed by atoms with Crippen LogP contribution in [0, 0.1) is 0 Å². The molecule has 1 N–H and O–H groups in total. The first-order chi connectivity index (χ1) is 11.3. The Labute approximate surface area is 143 Å². The van der Waals surface area contributed by atoms with Crippen LogP contribution in [-0.2, 0) is 6.42 Å². The van der Waals surface area contributed by atoms with Crippen molar-refractivity contribution in [1.82, 2.24) is 9.78 Å². The van der Waals surface area contributed by atoms with Gasteiger partial charge >= 0.3 is 0 Å². The Morgan fingerprint density at radius 1 is 1.09 bits per heavy atom. The van der Waals surface area contributed by atoms with Crippen LogP contribution in [-0.4, -0.2) is 16.3 Å². The van der Waals surface area contributed by atoms with Gasteiger partial charge in [0, 0.05) is 23.0 Å². The predicted molar refractivity (Wildman–Crippen MR) is 95.8 cm³/mol. The Morgan fingerprint density at radius 3 is 2.78 bits per heavy atom. The largest absolute Gasteiger partial charge is 0.370 e. The van der Waals surface area contributed by atoms with Gasteiger partial charge in [-0.15, -0.1) is 0 Å². The average molecular weight is 330 g/mol. The topological polar surface area (TPSA) is 29.9 Å². The molecule has 3 nitrogen and oxygen atoms in total. The standard InChI is InChI=1S/C19H24ClN3/c20-15-9-6-10-16(13-15)23-19-17(11-4-5-12-21-19)18(22-23)14-7-2-1-3-8-14/h6,9-10,13-14,21H,1-5,7-8,11-12H2. The summed E-state index contributed by atoms with van der Waals surface area (Å²) in [5.74, 6) is 1.84. The molecule has 0 amide bonds. The molecule has 122 valence electrons. The molecule has 2 heterocycles. The molecular formula is C19H24ClN3. The lowest BCUT2D eigenvalue weighted by Crippen LogP contribution is -2.08. The van der Waals surface area contributed by atoms with Gasteiger partial charge in [-0.1, -0.05) is 36.9 Å². The van der Waals surface area contributed by atoms with Gasteiger partial charge in [-0.25, -0.2) is 4.68 Å². The first kappa shape index (κ1) is 15.1. The zero-order valence-corrected chi connectivity index (χ0v) is 14.3. The minimum atomic E-state index is 0.637. The highest BCUT2D eigenvalue weighted by atomic mass is 35.5. The van der Waals surface area contributed by atoms with E-state index in [1.54, 1.807) is 0 Å². The number of fused-ring (bicyclic) bond motifs is 1. The highest BCUT2D eigenvalue weighted by Crippen LogP contribution is 2.38. The van der Waals surface area contributed by atoms with Gasteiger partial charge in [0.05, 0.1) is 11.4 Å². The molecule has 4 heteroatoms. The maximum atomic E-state index is 6.20. The van der Waals surface area contributed by atoms with Crippen molar-refractivity contribution in [3.8, 4) is 5.69 Å². The number of benzene rings is 1. The lowest BCUT2D eigenvalue weighted by Gasteiger charge is -2.20. The van der Waals surface area contributed by atoms with Crippen LogP contribution in [0.4, 0.5) is 5.82 Å². The summed E-state index contributed by atoms with van der Waals surface area (Å²) in [6.07, 6.45) is 10.3. The first-order valence-corrected chi connectivity index (χ1v) is 9.32. The third-order valence-electron chi connectivity index (χ3n) is 5.21. The summed E-state index contributed by atoms with van der Waals surface area (Å²) in [5, 5.41) is 9.46. The smallest absolute Gasteiger partial charge is 0.133 e. The lowest BCUT2D eigenvalue weighted by atomic mass is 9.85. The number of halogens is 1. The summed E-state index contributed by atoms with van der Waals surface area (Å²) in [6, 6.07) is 8.02. The molecule has 0 unspecified atom stereocenters. The van der Waals surface area contributed by atoms with Gasteiger partial charge in [-0.3, -0.25) is 0 Å². The van der Waals surface area contributed by atoms with Gasteiger partial charge in [0.1, 0.15) is 5.82 Å². The maximum Gasteiger partial charge on any atom is 0.133 e. The van der Waals surface area contributed by atoms with E-state index in [-0.39, 0.29) is 0 Å². The molecule has 1 aliphatic heterocycles. The summed E-state index contributed by atoms with van der Waals surface area (Å²) in [4.78, 5) is 0. The number of hydrogen-bond donors (Lipinski definition) is 1. The van der Waals surface area contributed by atoms with E-state index < -0.39 is 0 Å². The molecule has 0 radical (unpaired) electrons. The van der Waals surface area contributed by atoms with Gasteiger partial charge in [0.25, 0.3) is 0 Å². The lowest BCUT2D eigenvalue weighted by molar-refractivity contribution is 0.432. The van der Waals surface area contributed by atoms with Crippen LogP contribution < -0.4 is 5.32 Å². The van der Waals surface area contributed by atoms with Gasteiger partial charge < -0.3 is 5.32 Å². The second-order valence-corrected chi connectivity index (χ2v) is 7.26. The monoisotopic (exact) mass is 329 g/mol. The molecule has 2 aliphatic rings. The highest BCUT2D eigenvalue weighted by molar-refractivity contribution is 6.30. The first-order valence-electron chi connectivity index (χ1n) is 8.94. The zero-order valence-electron chi connectivity index (χ0n) is 13.5. The van der Waals surface area contributed by atoms with E-state index in [2.05, 4.69) is 16.1 Å². The van der Waals surface area contributed by atoms with Crippen LogP contribution >= 0.6 is 11.6 Å². The molecule has 4 rings (SSSR count). The number of aromatic nitrogens is 2. The van der Waals surface area contributed by atoms with Crippen molar-refractivity contribution in [1.29, 1.82) is 0 Å². The Balaban J connectivity index is 1.81. The summed E-state index contributed by atoms with van der Waals surface area (Å²) in [5.41, 5.74) is 3.86. The van der Waals surface area contributed by atoms with Gasteiger partial charge in [-0.05, 0) is 50.3 Å². The predicted octanol–water partition coefficient (Wildman–Crippen LogP) is 5.32. The van der Waals surface area contributed by atoms with Crippen LogP contribution in [0.15, 0.2) is 24.3 Å². The molecule has 1 saturated carbocycles. The molecule has 1 aromatic heterocycles. The van der Waals surface area contributed by atoms with Crippen molar-refractivity contribution < 1.29 is 0 Å². The fourth-order valence-electron chi connectivity index (χ4n) is 4.03. The normalized spacial score (nSPS) is 19.0. The Kier molecular flexibility index (Phi) is 4.30. The SMILES string of the molecule is Clc1cccc(-n2nc(C3CCCCC3)c3c2NCCCC3)c1. The number of nitrogens with zero attached hydrogens (tertiary/aromatic N) is 2. The molecule has 1 aromatic carbocycles.